The molecular formula is C31H43BCl3N13O5P. The number of pyridine rings is 3. The molecule has 291 valence electrons. The van der Waals surface area contributed by atoms with Gasteiger partial charge in [0.25, 0.3) is 5.56 Å². The fourth-order valence-electron chi connectivity index (χ4n) is 4.10. The first kappa shape index (κ1) is 49.1. The molecule has 0 aliphatic heterocycles. The standard InChI is InChI=1S/C14H21N5O.C8H8N4O.C8H10N2O2.CH3ClN2.BClOP.ClH/c1-3-4-5-10(8-20)17-13-12-11(18-14(15)19-13)6-9(2)7-16-12;1-4-2-5-6(10-3-4)7(13)12-8(9)11-5;1-5-3-6(9)7(10-4-5)8(11)12-2;2-1(3)4;2-1-4-3;/h6-7,10,20H,3-5,8H2,1-2H3,(H3,15,17,18,19);2-3H,1H3,(H3,9,11,12,13);3-4H,9H2,1-2H3;(H3,3,4);;1H/t10-;;;;;/m0...../s1. The number of anilines is 4. The topological polar surface area (TPSA) is 314 Å². The molecule has 18 nitrogen and oxygen atoms in total. The number of carbonyl (C=O) groups excluding carboxylic acids is 1. The number of aliphatic hydroxyl groups is 1. The predicted octanol–water partition coefficient (Wildman–Crippen LogP) is 4.44. The first-order chi connectivity index (χ1) is 25.1. The minimum absolute atomic E-state index is 0. The van der Waals surface area contributed by atoms with Crippen LogP contribution in [0.1, 0.15) is 53.4 Å². The fourth-order valence-corrected chi connectivity index (χ4v) is 4.10. The van der Waals surface area contributed by atoms with E-state index >= 15 is 0 Å². The minimum Gasteiger partial charge on any atom is -0.464 e. The van der Waals surface area contributed by atoms with Crippen LogP contribution in [-0.4, -0.2) is 77.4 Å². The highest BCUT2D eigenvalue weighted by Crippen LogP contribution is 2.21. The highest BCUT2D eigenvalue weighted by Gasteiger charge is 2.13. The summed E-state index contributed by atoms with van der Waals surface area (Å²) in [7, 11) is 1.18. The Morgan fingerprint density at radius 2 is 1.54 bits per heavy atom. The maximum Gasteiger partial charge on any atom is 0.361 e. The van der Waals surface area contributed by atoms with E-state index < -0.39 is 5.97 Å². The smallest absolute Gasteiger partial charge is 0.361 e. The number of aliphatic hydroxyl groups excluding tert-OH is 1. The van der Waals surface area contributed by atoms with Crippen molar-refractivity contribution in [3.05, 3.63) is 69.5 Å². The number of methoxy groups -OCH3 is 1. The molecule has 1 radical (unpaired) electrons. The summed E-state index contributed by atoms with van der Waals surface area (Å²) in [5.41, 5.74) is 26.5. The first-order valence-electron chi connectivity index (χ1n) is 15.5. The maximum absolute atomic E-state index is 11.3. The van der Waals surface area contributed by atoms with Crippen LogP contribution in [0.3, 0.4) is 0 Å². The van der Waals surface area contributed by atoms with E-state index in [0.29, 0.717) is 33.6 Å². The third kappa shape index (κ3) is 17.7. The average Bonchev–Trinajstić information content (AvgIpc) is 3.09. The molecule has 0 saturated carbocycles. The summed E-state index contributed by atoms with van der Waals surface area (Å²) in [6, 6.07) is 5.33. The van der Waals surface area contributed by atoms with E-state index in [1.165, 1.54) is 7.11 Å². The van der Waals surface area contributed by atoms with E-state index in [4.69, 9.17) is 38.6 Å². The number of H-pyrrole nitrogens is 1. The van der Waals surface area contributed by atoms with Gasteiger partial charge in [-0.05, 0) is 73.7 Å². The third-order valence-corrected chi connectivity index (χ3v) is 6.65. The molecule has 0 unspecified atom stereocenters. The number of halogens is 3. The molecule has 1 atom stereocenters. The third-order valence-electron chi connectivity index (χ3n) is 6.33. The van der Waals surface area contributed by atoms with E-state index in [1.54, 1.807) is 30.7 Å². The summed E-state index contributed by atoms with van der Waals surface area (Å²) < 4.78 is 13.6. The SMILES string of the molecule is CCCC[C@@H](CO)Nc1nc(N)nc2cc(C)cnc12.COC(=O)c1ncc(C)cc1N.Cc1cnc2c(=O)[nH]c(N)nc2c1.Cl.N=C(N)Cl.O=P[B]Cl. The number of aromatic nitrogens is 7. The summed E-state index contributed by atoms with van der Waals surface area (Å²) >= 11 is 9.37. The molecule has 12 N–H and O–H groups in total. The Kier molecular flexibility index (Phi) is 23.6. The molecule has 5 rings (SSSR count). The zero-order valence-corrected chi connectivity index (χ0v) is 33.4. The summed E-state index contributed by atoms with van der Waals surface area (Å²) in [6.07, 6.45) is 8.99. The van der Waals surface area contributed by atoms with E-state index in [0.717, 1.165) is 42.4 Å². The quantitative estimate of drug-likeness (QED) is 0.0268. The van der Waals surface area contributed by atoms with E-state index in [-0.39, 0.29) is 61.8 Å². The molecule has 0 fully saturated rings. The number of nitrogen functional groups attached to an aromatic ring is 3. The number of ether oxygens (including phenoxy) is 1. The Labute approximate surface area is 329 Å². The predicted molar refractivity (Wildman–Crippen MR) is 219 cm³/mol. The summed E-state index contributed by atoms with van der Waals surface area (Å²) in [5.74, 6) is 0.402. The van der Waals surface area contributed by atoms with Gasteiger partial charge in [-0.1, -0.05) is 19.8 Å². The van der Waals surface area contributed by atoms with Gasteiger partial charge in [0.05, 0.1) is 36.5 Å². The largest absolute Gasteiger partial charge is 0.464 e. The van der Waals surface area contributed by atoms with Crippen LogP contribution < -0.4 is 33.8 Å². The van der Waals surface area contributed by atoms with Crippen LogP contribution in [0.25, 0.3) is 22.1 Å². The average molecular weight is 826 g/mol. The fraction of sp³-hybridized carbons (Fsp3) is 0.323. The number of aromatic amines is 1. The van der Waals surface area contributed by atoms with Crippen molar-refractivity contribution < 1.29 is 19.2 Å². The number of esters is 1. The molecule has 23 heteroatoms. The summed E-state index contributed by atoms with van der Waals surface area (Å²) in [5, 5.41) is 18.3. The molecule has 0 aliphatic carbocycles. The number of rotatable bonds is 8. The Morgan fingerprint density at radius 1 is 1.02 bits per heavy atom. The molecule has 0 amide bonds. The number of nitrogens with one attached hydrogen (secondary N) is 3. The zero-order valence-electron chi connectivity index (χ0n) is 30.1. The molecule has 0 spiro atoms. The lowest BCUT2D eigenvalue weighted by Gasteiger charge is -2.17. The molecule has 5 heterocycles. The highest BCUT2D eigenvalue weighted by molar-refractivity contribution is 7.70. The Hall–Kier alpha value is -4.94. The maximum atomic E-state index is 11.3. The van der Waals surface area contributed by atoms with Gasteiger partial charge in [0.15, 0.2) is 22.3 Å². The number of fused-ring (bicyclic) bond motifs is 2. The molecule has 5 aromatic rings. The number of unbranched alkanes of at least 4 members (excludes halogenated alkanes) is 1. The van der Waals surface area contributed by atoms with Crippen molar-refractivity contribution in [3.8, 4) is 0 Å². The Balaban J connectivity index is 0.000000723. The van der Waals surface area contributed by atoms with E-state index in [2.05, 4.69) is 69.2 Å². The van der Waals surface area contributed by atoms with Crippen LogP contribution in [0.2, 0.25) is 0 Å². The second-order valence-corrected chi connectivity index (χ2v) is 12.2. The number of hydrogen-bond donors (Lipinski definition) is 8. The van der Waals surface area contributed by atoms with Gasteiger partial charge in [0.1, 0.15) is 13.9 Å². The van der Waals surface area contributed by atoms with Crippen molar-refractivity contribution in [2.75, 3.05) is 36.2 Å². The first-order valence-corrected chi connectivity index (χ1v) is 17.2. The molecule has 0 bridgehead atoms. The van der Waals surface area contributed by atoms with Crippen LogP contribution >= 0.6 is 43.8 Å². The second kappa shape index (κ2) is 25.9. The second-order valence-electron chi connectivity index (χ2n) is 10.8. The normalized spacial score (nSPS) is 10.3. The molecule has 0 saturated heterocycles. The van der Waals surface area contributed by atoms with Gasteiger partial charge in [0, 0.05) is 18.6 Å². The molecule has 54 heavy (non-hydrogen) atoms. The van der Waals surface area contributed by atoms with Gasteiger partial charge in [-0.15, -0.1) is 12.4 Å². The van der Waals surface area contributed by atoms with Crippen LogP contribution in [0, 0.1) is 26.2 Å². The highest BCUT2D eigenvalue weighted by atomic mass is 35.5. The number of amidine groups is 1. The Morgan fingerprint density at radius 3 is 2.04 bits per heavy atom. The number of nitrogens with zero attached hydrogens (tertiary/aromatic N) is 6. The molecule has 5 aromatic heterocycles. The van der Waals surface area contributed by atoms with E-state index in [1.807, 2.05) is 26.8 Å². The van der Waals surface area contributed by atoms with Gasteiger partial charge in [-0.3, -0.25) is 24.7 Å². The Bertz CT molecular complexity index is 2020. The van der Waals surface area contributed by atoms with Gasteiger partial charge in [-0.25, -0.2) is 24.7 Å². The van der Waals surface area contributed by atoms with Gasteiger partial charge in [0.2, 0.25) is 11.9 Å². The van der Waals surface area contributed by atoms with E-state index in [9.17, 15) is 14.7 Å². The van der Waals surface area contributed by atoms with Crippen LogP contribution in [-0.2, 0) is 9.30 Å². The zero-order chi connectivity index (χ0) is 40.1. The van der Waals surface area contributed by atoms with Crippen molar-refractivity contribution in [2.45, 2.75) is 53.0 Å². The minimum atomic E-state index is -0.507. The van der Waals surface area contributed by atoms with Gasteiger partial charge in [-0.2, -0.15) is 16.4 Å². The van der Waals surface area contributed by atoms with Gasteiger partial charge >= 0.3 is 12.4 Å². The van der Waals surface area contributed by atoms with Crippen LogP contribution in [0.5, 0.6) is 0 Å². The molecule has 0 aromatic carbocycles. The van der Waals surface area contributed by atoms with Crippen molar-refractivity contribution >= 4 is 107 Å². The summed E-state index contributed by atoms with van der Waals surface area (Å²) in [4.78, 5) is 49.2. The number of nitrogens with two attached hydrogens (primary N) is 4. The van der Waals surface area contributed by atoms with Gasteiger partial charge < -0.3 is 38.1 Å². The summed E-state index contributed by atoms with van der Waals surface area (Å²) in [6.45, 7) is 7.86. The van der Waals surface area contributed by atoms with Crippen molar-refractivity contribution in [3.63, 3.8) is 0 Å². The van der Waals surface area contributed by atoms with Crippen molar-refractivity contribution in [1.29, 1.82) is 5.41 Å². The molecule has 0 aliphatic rings. The number of aryl methyl sites for hydroxylation is 3. The lowest BCUT2D eigenvalue weighted by Crippen LogP contribution is -2.24. The number of hydrogen-bond acceptors (Lipinski definition) is 16. The molecular weight excluding hydrogens is 783 g/mol. The van der Waals surface area contributed by atoms with Crippen LogP contribution in [0.4, 0.5) is 23.4 Å². The number of carbonyl (C=O) groups is 1. The van der Waals surface area contributed by atoms with Crippen molar-refractivity contribution in [1.82, 2.24) is 34.9 Å². The lowest BCUT2D eigenvalue weighted by molar-refractivity contribution is 0.0595. The van der Waals surface area contributed by atoms with Crippen LogP contribution in [0.15, 0.2) is 41.6 Å². The van der Waals surface area contributed by atoms with Crippen molar-refractivity contribution in [2.24, 2.45) is 5.73 Å². The monoisotopic (exact) mass is 824 g/mol. The lowest BCUT2D eigenvalue weighted by atomic mass is 10.1.